The number of halogens is 3. The van der Waals surface area contributed by atoms with Crippen molar-refractivity contribution in [1.82, 2.24) is 25.2 Å². The van der Waals surface area contributed by atoms with Crippen LogP contribution in [0.5, 0.6) is 5.75 Å². The van der Waals surface area contributed by atoms with Crippen LogP contribution in [0.25, 0.3) is 26.0 Å². The van der Waals surface area contributed by atoms with Crippen LogP contribution in [-0.4, -0.2) is 59.5 Å². The van der Waals surface area contributed by atoms with E-state index < -0.39 is 24.7 Å². The number of esters is 1. The second-order valence-electron chi connectivity index (χ2n) is 8.06. The maximum atomic E-state index is 12.1. The van der Waals surface area contributed by atoms with Crippen LogP contribution in [0.4, 0.5) is 19.0 Å². The molecule has 0 fully saturated rings. The van der Waals surface area contributed by atoms with Crippen molar-refractivity contribution < 1.29 is 32.2 Å². The summed E-state index contributed by atoms with van der Waals surface area (Å²) in [5.74, 6) is -2.16. The fraction of sp³-hybridized carbons (Fsp3) is 0.304. The summed E-state index contributed by atoms with van der Waals surface area (Å²) in [7, 11) is 1.63. The van der Waals surface area contributed by atoms with E-state index in [1.807, 2.05) is 19.2 Å². The maximum Gasteiger partial charge on any atom is 0.490 e. The van der Waals surface area contributed by atoms with Gasteiger partial charge in [0.2, 0.25) is 0 Å². The zero-order valence-electron chi connectivity index (χ0n) is 19.8. The Bertz CT molecular complexity index is 1470. The molecule has 0 atom stereocenters. The van der Waals surface area contributed by atoms with Gasteiger partial charge < -0.3 is 25.8 Å². The molecule has 0 spiro atoms. The molecule has 0 saturated heterocycles. The van der Waals surface area contributed by atoms with Gasteiger partial charge in [-0.2, -0.15) is 18.3 Å². The standard InChI is InChI=1S/C23H23F3N6O4S/c1-12-5-13-7-16(37-20(13)15(6-12)35-2)18-14(9-32-19(18)21(27)30-11-31-32)8-28-3-4-29-17(33)10-36-22(34)23(24,25)26/h5-7,9,11,28H,3-4,8,10H2,1-2H3,(H,29,33)(H2,27,30,31). The molecule has 1 aromatic carbocycles. The summed E-state index contributed by atoms with van der Waals surface area (Å²) in [5.41, 5.74) is 9.65. The number of rotatable bonds is 9. The monoisotopic (exact) mass is 536 g/mol. The molecule has 4 aromatic rings. The van der Waals surface area contributed by atoms with Gasteiger partial charge in [-0.15, -0.1) is 11.3 Å². The predicted octanol–water partition coefficient (Wildman–Crippen LogP) is 2.82. The number of methoxy groups -OCH3 is 1. The van der Waals surface area contributed by atoms with Crippen LogP contribution in [0.15, 0.2) is 30.7 Å². The average molecular weight is 537 g/mol. The zero-order chi connectivity index (χ0) is 26.7. The highest BCUT2D eigenvalue weighted by Gasteiger charge is 2.41. The molecule has 0 aliphatic rings. The summed E-state index contributed by atoms with van der Waals surface area (Å²) in [6, 6.07) is 6.10. The SMILES string of the molecule is COc1cc(C)cc2cc(-c3c(CNCCNC(=O)COC(=O)C(F)(F)F)cn4ncnc(N)c34)sc12. The van der Waals surface area contributed by atoms with Gasteiger partial charge in [-0.05, 0) is 35.6 Å². The van der Waals surface area contributed by atoms with Gasteiger partial charge >= 0.3 is 12.1 Å². The van der Waals surface area contributed by atoms with E-state index in [1.165, 1.54) is 6.33 Å². The molecule has 3 heterocycles. The zero-order valence-corrected chi connectivity index (χ0v) is 20.6. The van der Waals surface area contributed by atoms with Crippen LogP contribution in [0.3, 0.4) is 0 Å². The van der Waals surface area contributed by atoms with Crippen molar-refractivity contribution in [3.8, 4) is 16.2 Å². The molecule has 37 heavy (non-hydrogen) atoms. The highest BCUT2D eigenvalue weighted by molar-refractivity contribution is 7.22. The third-order valence-electron chi connectivity index (χ3n) is 5.38. The lowest BCUT2D eigenvalue weighted by Gasteiger charge is -2.09. The first-order valence-corrected chi connectivity index (χ1v) is 11.8. The second-order valence-corrected chi connectivity index (χ2v) is 9.12. The molecule has 3 aromatic heterocycles. The van der Waals surface area contributed by atoms with E-state index >= 15 is 0 Å². The number of nitrogens with one attached hydrogen (secondary N) is 2. The number of aromatic nitrogens is 3. The first kappa shape index (κ1) is 26.2. The van der Waals surface area contributed by atoms with Crippen molar-refractivity contribution >= 4 is 44.6 Å². The van der Waals surface area contributed by atoms with Gasteiger partial charge in [0.1, 0.15) is 17.6 Å². The van der Waals surface area contributed by atoms with E-state index in [0.29, 0.717) is 24.4 Å². The lowest BCUT2D eigenvalue weighted by Crippen LogP contribution is -2.36. The van der Waals surface area contributed by atoms with Gasteiger partial charge in [-0.3, -0.25) is 4.79 Å². The van der Waals surface area contributed by atoms with Crippen molar-refractivity contribution in [2.75, 3.05) is 32.5 Å². The largest absolute Gasteiger partial charge is 0.495 e. The molecule has 0 bridgehead atoms. The summed E-state index contributed by atoms with van der Waals surface area (Å²) in [6.07, 6.45) is -1.95. The molecule has 4 rings (SSSR count). The molecule has 0 saturated carbocycles. The van der Waals surface area contributed by atoms with Crippen LogP contribution in [0.1, 0.15) is 11.1 Å². The molecule has 4 N–H and O–H groups in total. The summed E-state index contributed by atoms with van der Waals surface area (Å²) in [6.45, 7) is 1.76. The molecule has 196 valence electrons. The van der Waals surface area contributed by atoms with E-state index in [9.17, 15) is 22.8 Å². The highest BCUT2D eigenvalue weighted by atomic mass is 32.1. The average Bonchev–Trinajstić information content (AvgIpc) is 3.42. The fourth-order valence-corrected chi connectivity index (χ4v) is 5.02. The highest BCUT2D eigenvalue weighted by Crippen LogP contribution is 2.43. The minimum atomic E-state index is -5.15. The van der Waals surface area contributed by atoms with Gasteiger partial charge in [-0.1, -0.05) is 6.07 Å². The summed E-state index contributed by atoms with van der Waals surface area (Å²) in [4.78, 5) is 27.4. The predicted molar refractivity (Wildman–Crippen MR) is 131 cm³/mol. The Balaban J connectivity index is 1.48. The Morgan fingerprint density at radius 3 is 2.73 bits per heavy atom. The van der Waals surface area contributed by atoms with Gasteiger partial charge in [0.05, 0.1) is 11.8 Å². The number of hydrogen-bond acceptors (Lipinski definition) is 9. The van der Waals surface area contributed by atoms with Crippen LogP contribution in [-0.2, 0) is 20.9 Å². The van der Waals surface area contributed by atoms with Crippen molar-refractivity contribution in [2.24, 2.45) is 0 Å². The Morgan fingerprint density at radius 2 is 2.00 bits per heavy atom. The fourth-order valence-electron chi connectivity index (χ4n) is 3.81. The number of anilines is 1. The molecular weight excluding hydrogens is 513 g/mol. The minimum absolute atomic E-state index is 0.104. The number of amides is 1. The normalized spacial score (nSPS) is 11.7. The number of carbonyl (C=O) groups is 2. The van der Waals surface area contributed by atoms with Crippen LogP contribution in [0, 0.1) is 6.92 Å². The van der Waals surface area contributed by atoms with Crippen LogP contribution >= 0.6 is 11.3 Å². The number of thiophene rings is 1. The Kier molecular flexibility index (Phi) is 7.50. The molecule has 0 unspecified atom stereocenters. The van der Waals surface area contributed by atoms with Crippen molar-refractivity contribution in [2.45, 2.75) is 19.6 Å². The molecule has 10 nitrogen and oxygen atoms in total. The van der Waals surface area contributed by atoms with E-state index in [2.05, 4.69) is 37.6 Å². The van der Waals surface area contributed by atoms with Gasteiger partial charge in [-0.25, -0.2) is 14.3 Å². The van der Waals surface area contributed by atoms with E-state index in [0.717, 1.165) is 37.4 Å². The number of aryl methyl sites for hydroxylation is 1. The number of ether oxygens (including phenoxy) is 2. The maximum absolute atomic E-state index is 12.1. The topological polar surface area (TPSA) is 133 Å². The summed E-state index contributed by atoms with van der Waals surface area (Å²) >= 11 is 1.55. The number of nitrogens with two attached hydrogens (primary N) is 1. The Hall–Kier alpha value is -3.91. The van der Waals surface area contributed by atoms with Crippen molar-refractivity contribution in [3.05, 3.63) is 41.9 Å². The lowest BCUT2D eigenvalue weighted by molar-refractivity contribution is -0.199. The lowest BCUT2D eigenvalue weighted by atomic mass is 10.1. The van der Waals surface area contributed by atoms with Crippen LogP contribution in [0.2, 0.25) is 0 Å². The third kappa shape index (κ3) is 5.75. The Morgan fingerprint density at radius 1 is 1.22 bits per heavy atom. The number of nitrogen functional groups attached to an aromatic ring is 1. The number of carbonyl (C=O) groups excluding carboxylic acids is 2. The number of fused-ring (bicyclic) bond motifs is 2. The number of alkyl halides is 3. The molecule has 0 aliphatic heterocycles. The summed E-state index contributed by atoms with van der Waals surface area (Å²) in [5, 5.41) is 10.9. The second kappa shape index (κ2) is 10.6. The molecule has 0 aliphatic carbocycles. The minimum Gasteiger partial charge on any atom is -0.495 e. The molecule has 1 amide bonds. The van der Waals surface area contributed by atoms with Gasteiger partial charge in [0.25, 0.3) is 5.91 Å². The van der Waals surface area contributed by atoms with E-state index in [-0.39, 0.29) is 6.54 Å². The third-order valence-corrected chi connectivity index (χ3v) is 6.56. The number of benzene rings is 1. The van der Waals surface area contributed by atoms with E-state index in [1.54, 1.807) is 23.0 Å². The van der Waals surface area contributed by atoms with E-state index in [4.69, 9.17) is 10.5 Å². The Labute approximate surface area is 212 Å². The number of nitrogens with zero attached hydrogens (tertiary/aromatic N) is 3. The quantitative estimate of drug-likeness (QED) is 0.220. The van der Waals surface area contributed by atoms with Gasteiger partial charge in [0.15, 0.2) is 12.4 Å². The molecular formula is C23H23F3N6O4S. The smallest absolute Gasteiger partial charge is 0.490 e. The van der Waals surface area contributed by atoms with Crippen molar-refractivity contribution in [1.29, 1.82) is 0 Å². The first-order valence-electron chi connectivity index (χ1n) is 11.0. The van der Waals surface area contributed by atoms with Crippen molar-refractivity contribution in [3.63, 3.8) is 0 Å². The van der Waals surface area contributed by atoms with Crippen LogP contribution < -0.4 is 21.1 Å². The van der Waals surface area contributed by atoms with Gasteiger partial charge in [0, 0.05) is 36.3 Å². The number of hydrogen-bond donors (Lipinski definition) is 3. The molecule has 14 heteroatoms. The first-order chi connectivity index (χ1) is 17.6. The summed E-state index contributed by atoms with van der Waals surface area (Å²) < 4.78 is 48.6. The molecule has 0 radical (unpaired) electrons.